The fourth-order valence-electron chi connectivity index (χ4n) is 3.22. The number of hydrogen-bond donors (Lipinski definition) is 2. The smallest absolute Gasteiger partial charge is 0.161 e. The minimum absolute atomic E-state index is 0.00443. The molecule has 2 atom stereocenters. The van der Waals surface area contributed by atoms with Crippen LogP contribution in [0.25, 0.3) is 0 Å². The summed E-state index contributed by atoms with van der Waals surface area (Å²) in [7, 11) is 3.31. The van der Waals surface area contributed by atoms with Crippen molar-refractivity contribution in [2.75, 3.05) is 20.8 Å². The Labute approximate surface area is 127 Å². The van der Waals surface area contributed by atoms with Gasteiger partial charge in [0.1, 0.15) is 0 Å². The quantitative estimate of drug-likeness (QED) is 0.846. The molecule has 0 bridgehead atoms. The average molecular weight is 293 g/mol. The van der Waals surface area contributed by atoms with Crippen LogP contribution in [0.2, 0.25) is 0 Å². The monoisotopic (exact) mass is 293 g/mol. The fraction of sp³-hybridized carbons (Fsp3) is 0.647. The first-order valence-electron chi connectivity index (χ1n) is 7.60. The second kappa shape index (κ2) is 6.67. The SMILES string of the molecule is COc1cc(C)c(CNC2CCCC2(C)CO)cc1OC. The molecule has 0 radical (unpaired) electrons. The molecule has 1 aliphatic carbocycles. The molecule has 1 aliphatic rings. The van der Waals surface area contributed by atoms with Crippen LogP contribution < -0.4 is 14.8 Å². The Morgan fingerprint density at radius 2 is 1.95 bits per heavy atom. The third-order valence-corrected chi connectivity index (χ3v) is 4.82. The molecule has 118 valence electrons. The molecule has 2 unspecified atom stereocenters. The largest absolute Gasteiger partial charge is 0.493 e. The lowest BCUT2D eigenvalue weighted by Gasteiger charge is -2.30. The van der Waals surface area contributed by atoms with Gasteiger partial charge in [-0.3, -0.25) is 0 Å². The molecule has 0 saturated heterocycles. The van der Waals surface area contributed by atoms with Crippen LogP contribution in [-0.4, -0.2) is 32.0 Å². The van der Waals surface area contributed by atoms with Crippen LogP contribution in [0.3, 0.4) is 0 Å². The van der Waals surface area contributed by atoms with E-state index < -0.39 is 0 Å². The average Bonchev–Trinajstić information content (AvgIpc) is 2.87. The van der Waals surface area contributed by atoms with E-state index in [1.54, 1.807) is 14.2 Å². The van der Waals surface area contributed by atoms with E-state index in [0.717, 1.165) is 30.9 Å². The van der Waals surface area contributed by atoms with Gasteiger partial charge < -0.3 is 19.9 Å². The van der Waals surface area contributed by atoms with E-state index in [0.29, 0.717) is 6.04 Å². The molecule has 1 fully saturated rings. The second-order valence-electron chi connectivity index (χ2n) is 6.27. The highest BCUT2D eigenvalue weighted by Gasteiger charge is 2.37. The number of benzene rings is 1. The minimum Gasteiger partial charge on any atom is -0.493 e. The molecular formula is C17H27NO3. The van der Waals surface area contributed by atoms with Gasteiger partial charge in [0.15, 0.2) is 11.5 Å². The number of aliphatic hydroxyl groups is 1. The van der Waals surface area contributed by atoms with Crippen molar-refractivity contribution in [2.45, 2.75) is 45.7 Å². The first-order chi connectivity index (χ1) is 10.0. The molecular weight excluding hydrogens is 266 g/mol. The number of nitrogens with one attached hydrogen (secondary N) is 1. The summed E-state index contributed by atoms with van der Waals surface area (Å²) >= 11 is 0. The standard InChI is InChI=1S/C17H27NO3/c1-12-8-14(20-3)15(21-4)9-13(12)10-18-16-6-5-7-17(16,2)11-19/h8-9,16,18-19H,5-7,10-11H2,1-4H3. The molecule has 2 rings (SSSR count). The third kappa shape index (κ3) is 3.33. The Balaban J connectivity index is 2.10. The summed E-state index contributed by atoms with van der Waals surface area (Å²) in [6.07, 6.45) is 3.40. The lowest BCUT2D eigenvalue weighted by atomic mass is 9.85. The fourth-order valence-corrected chi connectivity index (χ4v) is 3.22. The Morgan fingerprint density at radius 1 is 1.29 bits per heavy atom. The van der Waals surface area contributed by atoms with Crippen LogP contribution in [0.5, 0.6) is 11.5 Å². The Hall–Kier alpha value is -1.26. The van der Waals surface area contributed by atoms with Gasteiger partial charge in [0.25, 0.3) is 0 Å². The predicted molar refractivity (Wildman–Crippen MR) is 84.0 cm³/mol. The molecule has 2 N–H and O–H groups in total. The number of aryl methyl sites for hydroxylation is 1. The molecule has 0 amide bonds. The van der Waals surface area contributed by atoms with Gasteiger partial charge in [0.05, 0.1) is 14.2 Å². The van der Waals surface area contributed by atoms with E-state index >= 15 is 0 Å². The molecule has 0 spiro atoms. The second-order valence-corrected chi connectivity index (χ2v) is 6.27. The zero-order chi connectivity index (χ0) is 15.5. The maximum Gasteiger partial charge on any atom is 0.161 e. The van der Waals surface area contributed by atoms with Crippen molar-refractivity contribution in [1.29, 1.82) is 0 Å². The molecule has 21 heavy (non-hydrogen) atoms. The highest BCUT2D eigenvalue weighted by molar-refractivity contribution is 5.47. The number of hydrogen-bond acceptors (Lipinski definition) is 4. The summed E-state index contributed by atoms with van der Waals surface area (Å²) in [5.74, 6) is 1.52. The van der Waals surface area contributed by atoms with Crippen LogP contribution >= 0.6 is 0 Å². The Bertz CT molecular complexity index is 489. The molecule has 0 heterocycles. The number of ether oxygens (including phenoxy) is 2. The van der Waals surface area contributed by atoms with Crippen LogP contribution in [-0.2, 0) is 6.54 Å². The van der Waals surface area contributed by atoms with Gasteiger partial charge in [-0.25, -0.2) is 0 Å². The summed E-state index contributed by atoms with van der Waals surface area (Å²) < 4.78 is 10.7. The van der Waals surface area contributed by atoms with Gasteiger partial charge in [-0.15, -0.1) is 0 Å². The molecule has 1 saturated carbocycles. The third-order valence-electron chi connectivity index (χ3n) is 4.82. The summed E-state index contributed by atoms with van der Waals surface area (Å²) in [6, 6.07) is 4.41. The summed E-state index contributed by atoms with van der Waals surface area (Å²) in [6.45, 7) is 5.28. The molecule has 0 aromatic heterocycles. The molecule has 4 nitrogen and oxygen atoms in total. The first kappa shape index (κ1) is 16.1. The van der Waals surface area contributed by atoms with Gasteiger partial charge in [-0.1, -0.05) is 13.3 Å². The minimum atomic E-state index is 0.00443. The molecule has 4 heteroatoms. The van der Waals surface area contributed by atoms with Crippen LogP contribution in [0.1, 0.15) is 37.3 Å². The van der Waals surface area contributed by atoms with Gasteiger partial charge in [-0.05, 0) is 43.0 Å². The van der Waals surface area contributed by atoms with Crippen LogP contribution in [0, 0.1) is 12.3 Å². The molecule has 1 aromatic carbocycles. The Morgan fingerprint density at radius 3 is 2.57 bits per heavy atom. The van der Waals surface area contributed by atoms with Crippen LogP contribution in [0.15, 0.2) is 12.1 Å². The van der Waals surface area contributed by atoms with Gasteiger partial charge >= 0.3 is 0 Å². The summed E-state index contributed by atoms with van der Waals surface area (Å²) in [4.78, 5) is 0. The maximum absolute atomic E-state index is 9.62. The maximum atomic E-state index is 9.62. The topological polar surface area (TPSA) is 50.7 Å². The van der Waals surface area contributed by atoms with Crippen molar-refractivity contribution in [3.63, 3.8) is 0 Å². The van der Waals surface area contributed by atoms with Gasteiger partial charge in [0, 0.05) is 24.6 Å². The zero-order valence-electron chi connectivity index (χ0n) is 13.5. The van der Waals surface area contributed by atoms with Crippen molar-refractivity contribution in [1.82, 2.24) is 5.32 Å². The zero-order valence-corrected chi connectivity index (χ0v) is 13.5. The predicted octanol–water partition coefficient (Wildman–Crippen LogP) is 2.65. The lowest BCUT2D eigenvalue weighted by Crippen LogP contribution is -2.41. The van der Waals surface area contributed by atoms with Crippen molar-refractivity contribution < 1.29 is 14.6 Å². The van der Waals surface area contributed by atoms with Gasteiger partial charge in [-0.2, -0.15) is 0 Å². The van der Waals surface area contributed by atoms with E-state index in [9.17, 15) is 5.11 Å². The van der Waals surface area contributed by atoms with Gasteiger partial charge in [0.2, 0.25) is 0 Å². The van der Waals surface area contributed by atoms with Crippen molar-refractivity contribution in [3.05, 3.63) is 23.3 Å². The Kier molecular flexibility index (Phi) is 5.12. The van der Waals surface area contributed by atoms with Crippen molar-refractivity contribution in [3.8, 4) is 11.5 Å². The lowest BCUT2D eigenvalue weighted by molar-refractivity contribution is 0.118. The summed E-state index contributed by atoms with van der Waals surface area (Å²) in [5, 5.41) is 13.2. The van der Waals surface area contributed by atoms with E-state index in [1.807, 2.05) is 12.1 Å². The van der Waals surface area contributed by atoms with E-state index in [1.165, 1.54) is 17.5 Å². The van der Waals surface area contributed by atoms with Crippen molar-refractivity contribution >= 4 is 0 Å². The number of rotatable bonds is 6. The van der Waals surface area contributed by atoms with E-state index in [-0.39, 0.29) is 12.0 Å². The highest BCUT2D eigenvalue weighted by atomic mass is 16.5. The summed E-state index contributed by atoms with van der Waals surface area (Å²) in [5.41, 5.74) is 2.40. The first-order valence-corrected chi connectivity index (χ1v) is 7.60. The van der Waals surface area contributed by atoms with E-state index in [4.69, 9.17) is 9.47 Å². The number of methoxy groups -OCH3 is 2. The number of aliphatic hydroxyl groups excluding tert-OH is 1. The van der Waals surface area contributed by atoms with E-state index in [2.05, 4.69) is 19.2 Å². The molecule has 1 aromatic rings. The normalized spacial score (nSPS) is 25.1. The highest BCUT2D eigenvalue weighted by Crippen LogP contribution is 2.38. The van der Waals surface area contributed by atoms with Crippen LogP contribution in [0.4, 0.5) is 0 Å². The molecule has 0 aliphatic heterocycles. The van der Waals surface area contributed by atoms with Crippen molar-refractivity contribution in [2.24, 2.45) is 5.41 Å².